The number of nitrogens with zero attached hydrogens (tertiary/aromatic N) is 2. The van der Waals surface area contributed by atoms with Crippen LogP contribution in [0.1, 0.15) is 37.3 Å². The fourth-order valence-electron chi connectivity index (χ4n) is 6.47. The average molecular weight is 584 g/mol. The minimum atomic E-state index is -0.0385. The molecule has 2 aromatic rings. The maximum Gasteiger partial charge on any atom is 0.142 e. The highest BCUT2D eigenvalue weighted by Gasteiger charge is 2.36. The van der Waals surface area contributed by atoms with Crippen LogP contribution in [0.5, 0.6) is 11.5 Å². The third-order valence-electron chi connectivity index (χ3n) is 8.75. The molecule has 9 nitrogen and oxygen atoms in total. The highest BCUT2D eigenvalue weighted by molar-refractivity contribution is 5.61. The summed E-state index contributed by atoms with van der Waals surface area (Å²) >= 11 is 0. The van der Waals surface area contributed by atoms with E-state index in [0.717, 1.165) is 81.7 Å². The van der Waals surface area contributed by atoms with Gasteiger partial charge in [-0.3, -0.25) is 4.90 Å². The highest BCUT2D eigenvalue weighted by atomic mass is 16.5. The van der Waals surface area contributed by atoms with Crippen LogP contribution < -0.4 is 19.7 Å². The Morgan fingerprint density at radius 1 is 0.905 bits per heavy atom. The van der Waals surface area contributed by atoms with Crippen molar-refractivity contribution in [1.82, 2.24) is 10.2 Å². The second-order valence-electron chi connectivity index (χ2n) is 11.7. The summed E-state index contributed by atoms with van der Waals surface area (Å²) in [6, 6.07) is 15.6. The number of hydrogen-bond donors (Lipinski definition) is 1. The van der Waals surface area contributed by atoms with Gasteiger partial charge in [0.25, 0.3) is 0 Å². The van der Waals surface area contributed by atoms with Crippen molar-refractivity contribution >= 4 is 5.69 Å². The van der Waals surface area contributed by atoms with Crippen LogP contribution in [0.15, 0.2) is 42.5 Å². The van der Waals surface area contributed by atoms with Crippen molar-refractivity contribution in [2.45, 2.75) is 57.1 Å². The molecule has 3 heterocycles. The van der Waals surface area contributed by atoms with E-state index in [-0.39, 0.29) is 18.1 Å². The first-order valence-electron chi connectivity index (χ1n) is 15.5. The average Bonchev–Trinajstić information content (AvgIpc) is 3.02. The van der Waals surface area contributed by atoms with Gasteiger partial charge in [0, 0.05) is 57.9 Å². The summed E-state index contributed by atoms with van der Waals surface area (Å²) in [4.78, 5) is 4.89. The lowest BCUT2D eigenvalue weighted by Gasteiger charge is -2.41. The molecule has 9 heteroatoms. The van der Waals surface area contributed by atoms with Crippen LogP contribution in [-0.2, 0) is 25.6 Å². The van der Waals surface area contributed by atoms with Crippen molar-refractivity contribution in [3.63, 3.8) is 0 Å². The van der Waals surface area contributed by atoms with Gasteiger partial charge in [-0.25, -0.2) is 0 Å². The lowest BCUT2D eigenvalue weighted by Crippen LogP contribution is -2.53. The molecule has 0 spiro atoms. The van der Waals surface area contributed by atoms with Gasteiger partial charge in [0.2, 0.25) is 0 Å². The first kappa shape index (κ1) is 31.0. The number of ether oxygens (including phenoxy) is 6. The van der Waals surface area contributed by atoms with Crippen molar-refractivity contribution < 1.29 is 28.4 Å². The molecule has 3 aliphatic heterocycles. The van der Waals surface area contributed by atoms with Crippen LogP contribution in [0.3, 0.4) is 0 Å². The Balaban J connectivity index is 1.27. The molecule has 0 unspecified atom stereocenters. The van der Waals surface area contributed by atoms with E-state index in [2.05, 4.69) is 59.3 Å². The van der Waals surface area contributed by atoms with Crippen molar-refractivity contribution in [3.05, 3.63) is 53.6 Å². The fourth-order valence-corrected chi connectivity index (χ4v) is 6.47. The Morgan fingerprint density at radius 2 is 1.67 bits per heavy atom. The van der Waals surface area contributed by atoms with Crippen LogP contribution >= 0.6 is 0 Å². The minimum absolute atomic E-state index is 0.00277. The van der Waals surface area contributed by atoms with E-state index in [0.29, 0.717) is 31.9 Å². The number of methoxy groups -OCH3 is 2. The van der Waals surface area contributed by atoms with Gasteiger partial charge in [-0.05, 0) is 55.7 Å². The summed E-state index contributed by atoms with van der Waals surface area (Å²) in [5.41, 5.74) is 3.49. The summed E-state index contributed by atoms with van der Waals surface area (Å²) in [5, 5.41) is 3.59. The Morgan fingerprint density at radius 3 is 2.40 bits per heavy atom. The van der Waals surface area contributed by atoms with E-state index in [1.807, 2.05) is 12.1 Å². The minimum Gasteiger partial charge on any atom is -0.497 e. The van der Waals surface area contributed by atoms with E-state index >= 15 is 0 Å². The molecule has 2 aromatic carbocycles. The van der Waals surface area contributed by atoms with Gasteiger partial charge in [-0.15, -0.1) is 0 Å². The monoisotopic (exact) mass is 583 g/mol. The van der Waals surface area contributed by atoms with Crippen LogP contribution in [-0.4, -0.2) is 109 Å². The SMILES string of the molecule is COCCCN1CCOc2ccc(CO[C@H]3CNC[C@@H](OCCN4[C@@H](C)COC[C@@H]4C)[C@@H]3c3ccc(OC)cc3)cc21. The van der Waals surface area contributed by atoms with E-state index in [1.165, 1.54) is 5.56 Å². The van der Waals surface area contributed by atoms with Gasteiger partial charge in [-0.2, -0.15) is 0 Å². The number of morpholine rings is 1. The van der Waals surface area contributed by atoms with E-state index in [4.69, 9.17) is 28.4 Å². The molecule has 0 radical (unpaired) electrons. The van der Waals surface area contributed by atoms with E-state index < -0.39 is 0 Å². The molecule has 42 heavy (non-hydrogen) atoms. The van der Waals surface area contributed by atoms with Gasteiger partial charge in [-0.1, -0.05) is 18.2 Å². The van der Waals surface area contributed by atoms with Crippen LogP contribution in [0.2, 0.25) is 0 Å². The molecule has 2 fully saturated rings. The smallest absolute Gasteiger partial charge is 0.142 e. The zero-order valence-electron chi connectivity index (χ0n) is 25.8. The predicted molar refractivity (Wildman–Crippen MR) is 164 cm³/mol. The molecule has 0 amide bonds. The van der Waals surface area contributed by atoms with Crippen molar-refractivity contribution in [3.8, 4) is 11.5 Å². The number of benzene rings is 2. The molecule has 3 aliphatic rings. The summed E-state index contributed by atoms with van der Waals surface area (Å²) in [6.07, 6.45) is 0.944. The first-order valence-corrected chi connectivity index (χ1v) is 15.5. The Hall–Kier alpha value is -2.40. The number of nitrogens with one attached hydrogen (secondary N) is 1. The third kappa shape index (κ3) is 7.75. The molecule has 0 saturated carbocycles. The van der Waals surface area contributed by atoms with E-state index in [1.54, 1.807) is 14.2 Å². The van der Waals surface area contributed by atoms with Crippen molar-refractivity contribution in [2.24, 2.45) is 0 Å². The molecular formula is C33H49N3O6. The quantitative estimate of drug-likeness (QED) is 0.356. The second-order valence-corrected chi connectivity index (χ2v) is 11.7. The number of fused-ring (bicyclic) bond motifs is 1. The molecule has 2 saturated heterocycles. The summed E-state index contributed by atoms with van der Waals surface area (Å²) in [6.45, 7) is 12.9. The largest absolute Gasteiger partial charge is 0.497 e. The molecule has 0 bridgehead atoms. The second kappa shape index (κ2) is 15.4. The first-order chi connectivity index (χ1) is 20.6. The van der Waals surface area contributed by atoms with Crippen molar-refractivity contribution in [1.29, 1.82) is 0 Å². The zero-order chi connectivity index (χ0) is 29.3. The normalized spacial score (nSPS) is 26.5. The Labute approximate surface area is 251 Å². The Bertz CT molecular complexity index is 1090. The van der Waals surface area contributed by atoms with Gasteiger partial charge in [0.05, 0.1) is 58.0 Å². The lowest BCUT2D eigenvalue weighted by molar-refractivity contribution is -0.0796. The molecular weight excluding hydrogens is 534 g/mol. The maximum atomic E-state index is 6.70. The summed E-state index contributed by atoms with van der Waals surface area (Å²) < 4.78 is 35.7. The van der Waals surface area contributed by atoms with Crippen LogP contribution in [0.25, 0.3) is 0 Å². The third-order valence-corrected chi connectivity index (χ3v) is 8.75. The Kier molecular flexibility index (Phi) is 11.4. The van der Waals surface area contributed by atoms with Gasteiger partial charge >= 0.3 is 0 Å². The predicted octanol–water partition coefficient (Wildman–Crippen LogP) is 3.70. The molecule has 5 atom stereocenters. The lowest BCUT2D eigenvalue weighted by atomic mass is 9.85. The van der Waals surface area contributed by atoms with Crippen LogP contribution in [0.4, 0.5) is 5.69 Å². The topological polar surface area (TPSA) is 73.9 Å². The molecule has 0 aliphatic carbocycles. The van der Waals surface area contributed by atoms with Gasteiger partial charge in [0.15, 0.2) is 0 Å². The zero-order valence-corrected chi connectivity index (χ0v) is 25.8. The number of anilines is 1. The van der Waals surface area contributed by atoms with Crippen LogP contribution in [0, 0.1) is 0 Å². The standard InChI is InChI=1S/C33H49N3O6/c1-24-21-39-22-25(2)36(24)14-17-41-31-19-34-20-32(33(31)27-7-9-28(38-4)10-8-27)42-23-26-6-11-30-29(18-26)35(13-16-40-30)12-5-15-37-3/h6-11,18,24-25,31-34H,5,12-17,19-23H2,1-4H3/t24-,25-,31+,32-,33-/m0/s1. The summed E-state index contributed by atoms with van der Waals surface area (Å²) in [7, 11) is 3.45. The summed E-state index contributed by atoms with van der Waals surface area (Å²) in [5.74, 6) is 1.89. The molecule has 1 N–H and O–H groups in total. The fraction of sp³-hybridized carbons (Fsp3) is 0.636. The number of piperidine rings is 1. The molecule has 232 valence electrons. The van der Waals surface area contributed by atoms with Crippen molar-refractivity contribution in [2.75, 3.05) is 84.9 Å². The molecule has 0 aromatic heterocycles. The van der Waals surface area contributed by atoms with Gasteiger partial charge < -0.3 is 38.6 Å². The highest BCUT2D eigenvalue weighted by Crippen LogP contribution is 2.35. The maximum absolute atomic E-state index is 6.70. The van der Waals surface area contributed by atoms with Gasteiger partial charge in [0.1, 0.15) is 18.1 Å². The van der Waals surface area contributed by atoms with E-state index in [9.17, 15) is 0 Å². The number of hydrogen-bond acceptors (Lipinski definition) is 9. The molecule has 5 rings (SSSR count). The number of rotatable bonds is 13.